The number of pyridine rings is 1. The molecule has 1 aliphatic rings. The van der Waals surface area contributed by atoms with Crippen molar-refractivity contribution in [3.8, 4) is 0 Å². The Hall–Kier alpha value is -1.34. The van der Waals surface area contributed by atoms with Crippen molar-refractivity contribution in [1.29, 1.82) is 0 Å². The lowest BCUT2D eigenvalue weighted by atomic mass is 10.1. The maximum absolute atomic E-state index is 12.5. The van der Waals surface area contributed by atoms with Crippen LogP contribution in [0.5, 0.6) is 0 Å². The summed E-state index contributed by atoms with van der Waals surface area (Å²) < 4.78 is 37.6. The predicted octanol–water partition coefficient (Wildman–Crippen LogP) is 0.816. The highest BCUT2D eigenvalue weighted by Gasteiger charge is 2.35. The average Bonchev–Trinajstić information content (AvgIpc) is 2.66. The Balaban J connectivity index is 2.34. The molecule has 2 N–H and O–H groups in total. The molecule has 0 spiro atoms. The Morgan fingerprint density at radius 3 is 2.67 bits per heavy atom. The van der Waals surface area contributed by atoms with Gasteiger partial charge in [0.1, 0.15) is 5.82 Å². The summed E-state index contributed by atoms with van der Waals surface area (Å²) in [6.45, 7) is -0.0764. The Morgan fingerprint density at radius 2 is 2.11 bits per heavy atom. The number of hydrogen-bond acceptors (Lipinski definition) is 4. The zero-order valence-electron chi connectivity index (χ0n) is 9.48. The molecule has 2 heterocycles. The van der Waals surface area contributed by atoms with Gasteiger partial charge in [0.05, 0.1) is 24.8 Å². The first-order valence-corrected chi connectivity index (χ1v) is 5.52. The summed E-state index contributed by atoms with van der Waals surface area (Å²) in [7, 11) is 0. The van der Waals surface area contributed by atoms with E-state index in [1.165, 1.54) is 0 Å². The van der Waals surface area contributed by atoms with Crippen LogP contribution >= 0.6 is 0 Å². The molecular formula is C11H13F3N2O2. The molecule has 0 unspecified atom stereocenters. The Labute approximate surface area is 102 Å². The van der Waals surface area contributed by atoms with E-state index in [0.29, 0.717) is 17.8 Å². The fourth-order valence-electron chi connectivity index (χ4n) is 2.16. The van der Waals surface area contributed by atoms with Crippen LogP contribution in [0.15, 0.2) is 12.3 Å². The quantitative estimate of drug-likeness (QED) is 0.846. The first kappa shape index (κ1) is 13.1. The maximum Gasteiger partial charge on any atom is 0.417 e. The smallest absolute Gasteiger partial charge is 0.395 e. The van der Waals surface area contributed by atoms with E-state index in [1.54, 1.807) is 4.90 Å². The number of nitrogens with zero attached hydrogens (tertiary/aromatic N) is 2. The highest BCUT2D eigenvalue weighted by atomic mass is 19.4. The minimum atomic E-state index is -4.42. The van der Waals surface area contributed by atoms with Gasteiger partial charge in [0.2, 0.25) is 0 Å². The van der Waals surface area contributed by atoms with E-state index in [0.717, 1.165) is 12.3 Å². The lowest BCUT2D eigenvalue weighted by Crippen LogP contribution is -2.37. The van der Waals surface area contributed by atoms with Gasteiger partial charge in [-0.05, 0) is 18.1 Å². The molecule has 0 bridgehead atoms. The second kappa shape index (κ2) is 4.74. The second-order valence-electron chi connectivity index (χ2n) is 4.16. The standard InChI is InChI=1S/C11H13F3N2O2/c12-11(13,14)8-3-7-4-9(6-18)16(1-2-17)10(7)15-5-8/h3,5,9,17-18H,1-2,4,6H2/t9-/m0/s1. The van der Waals surface area contributed by atoms with E-state index in [-0.39, 0.29) is 25.8 Å². The Morgan fingerprint density at radius 1 is 1.39 bits per heavy atom. The molecule has 100 valence electrons. The van der Waals surface area contributed by atoms with Crippen molar-refractivity contribution in [3.63, 3.8) is 0 Å². The number of aromatic nitrogens is 1. The lowest BCUT2D eigenvalue weighted by Gasteiger charge is -2.24. The highest BCUT2D eigenvalue weighted by Crippen LogP contribution is 2.35. The van der Waals surface area contributed by atoms with E-state index >= 15 is 0 Å². The molecule has 0 radical (unpaired) electrons. The number of rotatable bonds is 3. The largest absolute Gasteiger partial charge is 0.417 e. The van der Waals surface area contributed by atoms with Crippen LogP contribution in [0.4, 0.5) is 19.0 Å². The SMILES string of the molecule is OCCN1c2ncc(C(F)(F)F)cc2C[C@H]1CO. The number of aliphatic hydroxyl groups is 2. The van der Waals surface area contributed by atoms with Gasteiger partial charge in [-0.25, -0.2) is 4.98 Å². The van der Waals surface area contributed by atoms with E-state index < -0.39 is 11.7 Å². The fourth-order valence-corrected chi connectivity index (χ4v) is 2.16. The predicted molar refractivity (Wildman–Crippen MR) is 58.2 cm³/mol. The third-order valence-electron chi connectivity index (χ3n) is 2.99. The molecule has 4 nitrogen and oxygen atoms in total. The van der Waals surface area contributed by atoms with Gasteiger partial charge in [0.15, 0.2) is 0 Å². The van der Waals surface area contributed by atoms with Crippen LogP contribution in [0.3, 0.4) is 0 Å². The van der Waals surface area contributed by atoms with Gasteiger partial charge in [-0.15, -0.1) is 0 Å². The van der Waals surface area contributed by atoms with Gasteiger partial charge >= 0.3 is 6.18 Å². The molecule has 1 aromatic rings. The van der Waals surface area contributed by atoms with Gasteiger partial charge < -0.3 is 15.1 Å². The summed E-state index contributed by atoms with van der Waals surface area (Å²) in [6, 6.07) is 0.741. The second-order valence-corrected chi connectivity index (χ2v) is 4.16. The van der Waals surface area contributed by atoms with Gasteiger partial charge in [-0.1, -0.05) is 0 Å². The number of aliphatic hydroxyl groups excluding tert-OH is 2. The molecule has 18 heavy (non-hydrogen) atoms. The summed E-state index contributed by atoms with van der Waals surface area (Å²) in [5.74, 6) is 0.413. The van der Waals surface area contributed by atoms with Crippen LogP contribution in [-0.4, -0.2) is 41.0 Å². The molecular weight excluding hydrogens is 249 g/mol. The van der Waals surface area contributed by atoms with Crippen LogP contribution in [0.25, 0.3) is 0 Å². The van der Waals surface area contributed by atoms with E-state index in [9.17, 15) is 18.3 Å². The van der Waals surface area contributed by atoms with Crippen molar-refractivity contribution >= 4 is 5.82 Å². The monoisotopic (exact) mass is 262 g/mol. The first-order valence-electron chi connectivity index (χ1n) is 5.52. The van der Waals surface area contributed by atoms with E-state index in [1.807, 2.05) is 0 Å². The van der Waals surface area contributed by atoms with Crippen LogP contribution in [-0.2, 0) is 12.6 Å². The summed E-state index contributed by atoms with van der Waals surface area (Å²) in [4.78, 5) is 5.44. The number of fused-ring (bicyclic) bond motifs is 1. The lowest BCUT2D eigenvalue weighted by molar-refractivity contribution is -0.137. The van der Waals surface area contributed by atoms with Crippen LogP contribution < -0.4 is 4.90 Å². The number of hydrogen-bond donors (Lipinski definition) is 2. The number of anilines is 1. The number of β-amino-alcohol motifs (C(OH)–C–C–N with tert-alkyl or cyclic N) is 1. The summed E-state index contributed by atoms with van der Waals surface area (Å²) in [6.07, 6.45) is -3.33. The molecule has 1 atom stereocenters. The molecule has 7 heteroatoms. The molecule has 0 saturated heterocycles. The molecule has 0 aromatic carbocycles. The molecule has 0 fully saturated rings. The third-order valence-corrected chi connectivity index (χ3v) is 2.99. The van der Waals surface area contributed by atoms with Crippen LogP contribution in [0.1, 0.15) is 11.1 Å². The van der Waals surface area contributed by atoms with Crippen molar-refractivity contribution in [1.82, 2.24) is 4.98 Å². The Kier molecular flexibility index (Phi) is 3.45. The first-order chi connectivity index (χ1) is 8.47. The minimum absolute atomic E-state index is 0.140. The zero-order valence-corrected chi connectivity index (χ0v) is 9.48. The zero-order chi connectivity index (χ0) is 13.3. The van der Waals surface area contributed by atoms with Gasteiger partial charge in [-0.3, -0.25) is 0 Å². The summed E-state index contributed by atoms with van der Waals surface area (Å²) in [5, 5.41) is 18.1. The van der Waals surface area contributed by atoms with Crippen LogP contribution in [0.2, 0.25) is 0 Å². The molecule has 0 aliphatic carbocycles. The van der Waals surface area contributed by atoms with Crippen molar-refractivity contribution in [2.24, 2.45) is 0 Å². The summed E-state index contributed by atoms with van der Waals surface area (Å²) >= 11 is 0. The topological polar surface area (TPSA) is 56.6 Å². The highest BCUT2D eigenvalue weighted by molar-refractivity contribution is 5.55. The van der Waals surface area contributed by atoms with Crippen molar-refractivity contribution in [2.45, 2.75) is 18.6 Å². The molecule has 0 amide bonds. The maximum atomic E-state index is 12.5. The minimum Gasteiger partial charge on any atom is -0.395 e. The molecule has 2 rings (SSSR count). The van der Waals surface area contributed by atoms with Gasteiger partial charge in [0, 0.05) is 12.7 Å². The van der Waals surface area contributed by atoms with Crippen molar-refractivity contribution in [3.05, 3.63) is 23.4 Å². The number of alkyl halides is 3. The summed E-state index contributed by atoms with van der Waals surface area (Å²) in [5.41, 5.74) is -0.332. The van der Waals surface area contributed by atoms with E-state index in [4.69, 9.17) is 5.11 Å². The molecule has 1 aromatic heterocycles. The van der Waals surface area contributed by atoms with Crippen molar-refractivity contribution < 1.29 is 23.4 Å². The van der Waals surface area contributed by atoms with Crippen molar-refractivity contribution in [2.75, 3.05) is 24.7 Å². The average molecular weight is 262 g/mol. The Bertz CT molecular complexity index is 437. The molecule has 1 aliphatic heterocycles. The third kappa shape index (κ3) is 2.28. The van der Waals surface area contributed by atoms with Gasteiger partial charge in [0.25, 0.3) is 0 Å². The van der Waals surface area contributed by atoms with Gasteiger partial charge in [-0.2, -0.15) is 13.2 Å². The van der Waals surface area contributed by atoms with E-state index in [2.05, 4.69) is 4.98 Å². The fraction of sp³-hybridized carbons (Fsp3) is 0.545. The number of halogens is 3. The normalized spacial score (nSPS) is 19.2. The van der Waals surface area contributed by atoms with Crippen LogP contribution in [0, 0.1) is 0 Å². The molecule has 0 saturated carbocycles.